The molecule has 0 saturated carbocycles. The molecule has 24 heavy (non-hydrogen) atoms. The van der Waals surface area contributed by atoms with E-state index in [9.17, 15) is 4.79 Å². The first-order chi connectivity index (χ1) is 11.8. The summed E-state index contributed by atoms with van der Waals surface area (Å²) < 4.78 is 7.40. The number of amides is 1. The van der Waals surface area contributed by atoms with E-state index in [0.29, 0.717) is 25.7 Å². The summed E-state index contributed by atoms with van der Waals surface area (Å²) >= 11 is 0. The molecule has 1 amide bonds. The van der Waals surface area contributed by atoms with E-state index in [4.69, 9.17) is 4.74 Å². The Morgan fingerprint density at radius 2 is 2.21 bits per heavy atom. The Balaban J connectivity index is 1.36. The Morgan fingerprint density at radius 3 is 3.00 bits per heavy atom. The number of hydrogen-bond donors (Lipinski definition) is 1. The third kappa shape index (κ3) is 4.79. The van der Waals surface area contributed by atoms with Gasteiger partial charge in [-0.15, -0.1) is 0 Å². The number of para-hydroxylation sites is 1. The van der Waals surface area contributed by atoms with Crippen molar-refractivity contribution >= 4 is 5.91 Å². The van der Waals surface area contributed by atoms with Gasteiger partial charge in [0.15, 0.2) is 0 Å². The van der Waals surface area contributed by atoms with Crippen molar-refractivity contribution in [2.45, 2.75) is 25.4 Å². The fourth-order valence-corrected chi connectivity index (χ4v) is 2.97. The summed E-state index contributed by atoms with van der Waals surface area (Å²) in [6.45, 7) is 3.13. The highest BCUT2D eigenvalue weighted by Gasteiger charge is 2.26. The monoisotopic (exact) mass is 329 g/mol. The van der Waals surface area contributed by atoms with Crippen molar-refractivity contribution in [3.05, 3.63) is 43.0 Å². The summed E-state index contributed by atoms with van der Waals surface area (Å²) in [5.41, 5.74) is 0. The lowest BCUT2D eigenvalue weighted by atomic mass is 10.2. The van der Waals surface area contributed by atoms with Gasteiger partial charge in [0.05, 0.1) is 19.6 Å². The van der Waals surface area contributed by atoms with E-state index in [0.717, 1.165) is 31.7 Å². The maximum atomic E-state index is 12.1. The van der Waals surface area contributed by atoms with E-state index >= 15 is 0 Å². The van der Waals surface area contributed by atoms with Crippen LogP contribution in [-0.4, -0.2) is 57.9 Å². The fraction of sp³-hybridized carbons (Fsp3) is 0.471. The number of nitrogens with zero attached hydrogens (tertiary/aromatic N) is 4. The molecule has 128 valence electrons. The van der Waals surface area contributed by atoms with Crippen molar-refractivity contribution in [1.29, 1.82) is 0 Å². The predicted octanol–water partition coefficient (Wildman–Crippen LogP) is 0.938. The van der Waals surface area contributed by atoms with Gasteiger partial charge >= 0.3 is 0 Å². The summed E-state index contributed by atoms with van der Waals surface area (Å²) in [4.78, 5) is 18.3. The maximum absolute atomic E-state index is 12.1. The van der Waals surface area contributed by atoms with Crippen LogP contribution >= 0.6 is 0 Å². The third-order valence-electron chi connectivity index (χ3n) is 4.15. The van der Waals surface area contributed by atoms with Crippen molar-refractivity contribution < 1.29 is 9.53 Å². The number of benzene rings is 1. The molecule has 0 unspecified atom stereocenters. The number of hydrogen-bond acceptors (Lipinski definition) is 5. The van der Waals surface area contributed by atoms with E-state index in [1.807, 2.05) is 35.0 Å². The second kappa shape index (κ2) is 8.44. The molecule has 0 spiro atoms. The van der Waals surface area contributed by atoms with E-state index in [1.165, 1.54) is 0 Å². The van der Waals surface area contributed by atoms with Crippen LogP contribution in [0.4, 0.5) is 0 Å². The second-order valence-electron chi connectivity index (χ2n) is 5.90. The highest BCUT2D eigenvalue weighted by molar-refractivity contribution is 5.78. The Morgan fingerprint density at radius 1 is 1.33 bits per heavy atom. The summed E-state index contributed by atoms with van der Waals surface area (Å²) in [5.74, 6) is 0.858. The molecule has 1 aromatic heterocycles. The average Bonchev–Trinajstić information content (AvgIpc) is 3.26. The second-order valence-corrected chi connectivity index (χ2v) is 5.90. The molecule has 1 saturated heterocycles. The van der Waals surface area contributed by atoms with Gasteiger partial charge in [0.1, 0.15) is 25.0 Å². The molecule has 1 aliphatic heterocycles. The van der Waals surface area contributed by atoms with Crippen molar-refractivity contribution in [2.24, 2.45) is 0 Å². The largest absolute Gasteiger partial charge is 0.492 e. The molecule has 2 aromatic rings. The summed E-state index contributed by atoms with van der Waals surface area (Å²) in [6.07, 6.45) is 5.46. The van der Waals surface area contributed by atoms with Crippen LogP contribution in [0.3, 0.4) is 0 Å². The maximum Gasteiger partial charge on any atom is 0.234 e. The molecular weight excluding hydrogens is 306 g/mol. The smallest absolute Gasteiger partial charge is 0.234 e. The molecule has 2 heterocycles. The van der Waals surface area contributed by atoms with Crippen molar-refractivity contribution in [2.75, 3.05) is 26.2 Å². The van der Waals surface area contributed by atoms with Gasteiger partial charge in [-0.3, -0.25) is 14.4 Å². The first-order valence-electron chi connectivity index (χ1n) is 8.32. The first kappa shape index (κ1) is 16.4. The number of ether oxygens (including phenoxy) is 1. The van der Waals surface area contributed by atoms with Gasteiger partial charge in [-0.05, 0) is 31.5 Å². The van der Waals surface area contributed by atoms with Gasteiger partial charge in [0.25, 0.3) is 0 Å². The lowest BCUT2D eigenvalue weighted by Gasteiger charge is -2.23. The highest BCUT2D eigenvalue weighted by Crippen LogP contribution is 2.17. The van der Waals surface area contributed by atoms with Crippen LogP contribution in [-0.2, 0) is 11.3 Å². The number of likely N-dealkylation sites (tertiary alicyclic amines) is 1. The van der Waals surface area contributed by atoms with Gasteiger partial charge in [-0.25, -0.2) is 4.98 Å². The van der Waals surface area contributed by atoms with Gasteiger partial charge in [0.2, 0.25) is 5.91 Å². The Bertz CT molecular complexity index is 617. The minimum Gasteiger partial charge on any atom is -0.492 e. The summed E-state index contributed by atoms with van der Waals surface area (Å²) in [6, 6.07) is 9.95. The Hall–Kier alpha value is -2.41. The molecule has 7 heteroatoms. The van der Waals surface area contributed by atoms with Crippen molar-refractivity contribution in [3.8, 4) is 5.75 Å². The molecule has 0 aliphatic carbocycles. The van der Waals surface area contributed by atoms with Gasteiger partial charge in [0, 0.05) is 6.04 Å². The van der Waals surface area contributed by atoms with Crippen LogP contribution in [0.15, 0.2) is 43.0 Å². The molecule has 1 atom stereocenters. The van der Waals surface area contributed by atoms with Gasteiger partial charge < -0.3 is 10.1 Å². The van der Waals surface area contributed by atoms with Crippen LogP contribution in [0.5, 0.6) is 5.75 Å². The van der Waals surface area contributed by atoms with E-state index in [1.54, 1.807) is 12.7 Å². The van der Waals surface area contributed by atoms with E-state index in [-0.39, 0.29) is 5.91 Å². The molecule has 1 N–H and O–H groups in total. The minimum absolute atomic E-state index is 0.0390. The summed E-state index contributed by atoms with van der Waals surface area (Å²) in [5, 5.41) is 7.06. The fourth-order valence-electron chi connectivity index (χ4n) is 2.97. The standard InChI is InChI=1S/C17H23N5O2/c23-17(19-8-10-24-16-6-2-1-3-7-16)12-21-9-4-5-15(21)11-22-14-18-13-20-22/h1-3,6-7,13-15H,4-5,8-12H2,(H,19,23)/t15-/m0/s1. The zero-order valence-corrected chi connectivity index (χ0v) is 13.7. The molecule has 0 radical (unpaired) electrons. The Kier molecular flexibility index (Phi) is 5.79. The predicted molar refractivity (Wildman–Crippen MR) is 89.6 cm³/mol. The SMILES string of the molecule is O=C(CN1CCC[C@H]1Cn1cncn1)NCCOc1ccccc1. The van der Waals surface area contributed by atoms with E-state index < -0.39 is 0 Å². The van der Waals surface area contributed by atoms with Crippen molar-refractivity contribution in [1.82, 2.24) is 25.0 Å². The lowest BCUT2D eigenvalue weighted by Crippen LogP contribution is -2.42. The van der Waals surface area contributed by atoms with Gasteiger partial charge in [-0.1, -0.05) is 18.2 Å². The van der Waals surface area contributed by atoms with Gasteiger partial charge in [-0.2, -0.15) is 5.10 Å². The quantitative estimate of drug-likeness (QED) is 0.730. The van der Waals surface area contributed by atoms with Crippen LogP contribution in [0, 0.1) is 0 Å². The molecule has 1 aliphatic rings. The zero-order valence-electron chi connectivity index (χ0n) is 13.7. The summed E-state index contributed by atoms with van der Waals surface area (Å²) in [7, 11) is 0. The van der Waals surface area contributed by atoms with Crippen molar-refractivity contribution in [3.63, 3.8) is 0 Å². The average molecular weight is 329 g/mol. The number of nitrogens with one attached hydrogen (secondary N) is 1. The number of carbonyl (C=O) groups excluding carboxylic acids is 1. The number of carbonyl (C=O) groups is 1. The lowest BCUT2D eigenvalue weighted by molar-refractivity contribution is -0.122. The molecule has 0 bridgehead atoms. The zero-order chi connectivity index (χ0) is 16.6. The van der Waals surface area contributed by atoms with Crippen LogP contribution in [0.25, 0.3) is 0 Å². The molecule has 1 fully saturated rings. The molecule has 3 rings (SSSR count). The molecule has 7 nitrogen and oxygen atoms in total. The van der Waals surface area contributed by atoms with Crippen LogP contribution in [0.2, 0.25) is 0 Å². The first-order valence-corrected chi connectivity index (χ1v) is 8.32. The van der Waals surface area contributed by atoms with Crippen LogP contribution < -0.4 is 10.1 Å². The highest BCUT2D eigenvalue weighted by atomic mass is 16.5. The number of aromatic nitrogens is 3. The van der Waals surface area contributed by atoms with Crippen LogP contribution in [0.1, 0.15) is 12.8 Å². The number of rotatable bonds is 8. The molecular formula is C17H23N5O2. The Labute approximate surface area is 141 Å². The third-order valence-corrected chi connectivity index (χ3v) is 4.15. The molecule has 1 aromatic carbocycles. The topological polar surface area (TPSA) is 72.3 Å². The van der Waals surface area contributed by atoms with E-state index in [2.05, 4.69) is 20.3 Å². The minimum atomic E-state index is 0.0390. The normalized spacial score (nSPS) is 17.8.